The molecule has 2 aliphatic rings. The van der Waals surface area contributed by atoms with Crippen molar-refractivity contribution in [2.24, 2.45) is 0 Å². The van der Waals surface area contributed by atoms with Crippen LogP contribution in [0.5, 0.6) is 0 Å². The first-order chi connectivity index (χ1) is 12.3. The fraction of sp³-hybridized carbons (Fsp3) is 0.389. The summed E-state index contributed by atoms with van der Waals surface area (Å²) in [4.78, 5) is 25.8. The normalized spacial score (nSPS) is 17.1. The molecule has 2 aromatic rings. The zero-order chi connectivity index (χ0) is 17.1. The summed E-state index contributed by atoms with van der Waals surface area (Å²) in [5.74, 6) is 1.39. The molecule has 1 aromatic heterocycles. The monoisotopic (exact) mass is 339 g/mol. The molecule has 0 bridgehead atoms. The smallest absolute Gasteiger partial charge is 0.327 e. The minimum Gasteiger partial charge on any atom is -0.378 e. The number of hydrogen-bond acceptors (Lipinski definition) is 5. The number of rotatable bonds is 2. The van der Waals surface area contributed by atoms with E-state index in [0.29, 0.717) is 25.7 Å². The van der Waals surface area contributed by atoms with Gasteiger partial charge in [-0.25, -0.2) is 9.78 Å². The van der Waals surface area contributed by atoms with Crippen molar-refractivity contribution in [3.05, 3.63) is 42.1 Å². The molecule has 3 heterocycles. The first-order valence-electron chi connectivity index (χ1n) is 8.63. The number of nitrogens with one attached hydrogen (secondary N) is 1. The second kappa shape index (κ2) is 7.06. The fourth-order valence-corrected chi connectivity index (χ4v) is 3.16. The number of aromatic nitrogens is 2. The van der Waals surface area contributed by atoms with E-state index in [1.54, 1.807) is 4.90 Å². The van der Waals surface area contributed by atoms with Gasteiger partial charge < -0.3 is 15.0 Å². The van der Waals surface area contributed by atoms with Gasteiger partial charge >= 0.3 is 6.03 Å². The lowest BCUT2D eigenvalue weighted by Crippen LogP contribution is -2.41. The summed E-state index contributed by atoms with van der Waals surface area (Å²) in [6.45, 7) is 3.56. The van der Waals surface area contributed by atoms with Crippen LogP contribution in [0, 0.1) is 0 Å². The van der Waals surface area contributed by atoms with Crippen LogP contribution in [-0.2, 0) is 11.2 Å². The summed E-state index contributed by atoms with van der Waals surface area (Å²) >= 11 is 0. The number of fused-ring (bicyclic) bond motifs is 1. The number of morpholine rings is 1. The van der Waals surface area contributed by atoms with Crippen molar-refractivity contribution < 1.29 is 9.53 Å². The lowest BCUT2D eigenvalue weighted by atomic mass is 10.1. The molecular formula is C18H21N5O2. The molecule has 7 nitrogen and oxygen atoms in total. The van der Waals surface area contributed by atoms with Gasteiger partial charge in [-0.05, 0) is 25.0 Å². The van der Waals surface area contributed by atoms with Gasteiger partial charge in [0, 0.05) is 37.1 Å². The summed E-state index contributed by atoms with van der Waals surface area (Å²) < 4.78 is 5.39. The Balaban J connectivity index is 1.58. The highest BCUT2D eigenvalue weighted by Gasteiger charge is 2.26. The average molecular weight is 339 g/mol. The Bertz CT molecular complexity index is 746. The molecule has 25 heavy (non-hydrogen) atoms. The van der Waals surface area contributed by atoms with E-state index < -0.39 is 0 Å². The van der Waals surface area contributed by atoms with E-state index in [1.165, 1.54) is 0 Å². The van der Waals surface area contributed by atoms with Gasteiger partial charge in [0.25, 0.3) is 0 Å². The zero-order valence-corrected chi connectivity index (χ0v) is 14.0. The van der Waals surface area contributed by atoms with Crippen molar-refractivity contribution >= 4 is 23.5 Å². The number of nitrogens with zero attached hydrogens (tertiary/aromatic N) is 4. The van der Waals surface area contributed by atoms with Crippen molar-refractivity contribution in [1.29, 1.82) is 0 Å². The van der Waals surface area contributed by atoms with Crippen LogP contribution in [-0.4, -0.2) is 48.8 Å². The summed E-state index contributed by atoms with van der Waals surface area (Å²) in [6, 6.07) is 9.33. The molecule has 4 rings (SSSR count). The van der Waals surface area contributed by atoms with E-state index in [1.807, 2.05) is 36.5 Å². The fourth-order valence-electron chi connectivity index (χ4n) is 3.16. The standard InChI is InChI=1S/C18H21N5O2/c24-18(20-15-6-2-1-3-7-15)23-8-4-5-14-13-19-17(21-16(14)23)22-9-11-25-12-10-22/h1-3,6-7,13H,4-5,8-12H2,(H,20,24). The lowest BCUT2D eigenvalue weighted by molar-refractivity contribution is 0.122. The number of hydrogen-bond donors (Lipinski definition) is 1. The van der Waals surface area contributed by atoms with E-state index >= 15 is 0 Å². The molecule has 0 radical (unpaired) electrons. The predicted molar refractivity (Wildman–Crippen MR) is 96.2 cm³/mol. The van der Waals surface area contributed by atoms with Crippen LogP contribution in [0.1, 0.15) is 12.0 Å². The van der Waals surface area contributed by atoms with Gasteiger partial charge in [-0.3, -0.25) is 4.90 Å². The average Bonchev–Trinajstić information content (AvgIpc) is 2.68. The van der Waals surface area contributed by atoms with Crippen LogP contribution in [0.3, 0.4) is 0 Å². The second-order valence-electron chi connectivity index (χ2n) is 6.17. The van der Waals surface area contributed by atoms with E-state index in [2.05, 4.69) is 15.2 Å². The first-order valence-corrected chi connectivity index (χ1v) is 8.63. The molecule has 1 N–H and O–H groups in total. The van der Waals surface area contributed by atoms with Gasteiger partial charge in [-0.1, -0.05) is 18.2 Å². The van der Waals surface area contributed by atoms with Gasteiger partial charge in [0.1, 0.15) is 5.82 Å². The Morgan fingerprint density at radius 2 is 1.92 bits per heavy atom. The molecule has 1 aromatic carbocycles. The SMILES string of the molecule is O=C(Nc1ccccc1)N1CCCc2cnc(N3CCOCC3)nc21. The highest BCUT2D eigenvalue weighted by atomic mass is 16.5. The van der Waals surface area contributed by atoms with Gasteiger partial charge in [0.05, 0.1) is 13.2 Å². The number of urea groups is 1. The number of carbonyl (C=O) groups is 1. The van der Waals surface area contributed by atoms with E-state index in [0.717, 1.165) is 43.0 Å². The summed E-state index contributed by atoms with van der Waals surface area (Å²) in [7, 11) is 0. The summed E-state index contributed by atoms with van der Waals surface area (Å²) in [5, 5.41) is 2.94. The van der Waals surface area contributed by atoms with E-state index in [-0.39, 0.29) is 6.03 Å². The third kappa shape index (κ3) is 3.41. The number of aryl methyl sites for hydroxylation is 1. The quantitative estimate of drug-likeness (QED) is 0.909. The molecule has 0 saturated carbocycles. The van der Waals surface area contributed by atoms with Gasteiger partial charge in [0.2, 0.25) is 5.95 Å². The Morgan fingerprint density at radius 1 is 1.12 bits per heavy atom. The van der Waals surface area contributed by atoms with Crippen LogP contribution >= 0.6 is 0 Å². The molecule has 0 atom stereocenters. The maximum absolute atomic E-state index is 12.7. The number of ether oxygens (including phenoxy) is 1. The van der Waals surface area contributed by atoms with Crippen LogP contribution in [0.15, 0.2) is 36.5 Å². The Kier molecular flexibility index (Phi) is 4.47. The minimum atomic E-state index is -0.154. The van der Waals surface area contributed by atoms with Crippen molar-refractivity contribution in [2.45, 2.75) is 12.8 Å². The Morgan fingerprint density at radius 3 is 2.72 bits per heavy atom. The van der Waals surface area contributed by atoms with Crippen molar-refractivity contribution in [3.8, 4) is 0 Å². The van der Waals surface area contributed by atoms with Crippen LogP contribution < -0.4 is 15.1 Å². The van der Waals surface area contributed by atoms with Gasteiger partial charge in [-0.2, -0.15) is 4.98 Å². The number of benzene rings is 1. The molecule has 0 aliphatic carbocycles. The second-order valence-corrected chi connectivity index (χ2v) is 6.17. The van der Waals surface area contributed by atoms with E-state index in [4.69, 9.17) is 9.72 Å². The van der Waals surface area contributed by atoms with Gasteiger partial charge in [0.15, 0.2) is 0 Å². The van der Waals surface area contributed by atoms with Crippen LogP contribution in [0.25, 0.3) is 0 Å². The largest absolute Gasteiger partial charge is 0.378 e. The lowest BCUT2D eigenvalue weighted by Gasteiger charge is -2.31. The topological polar surface area (TPSA) is 70.6 Å². The highest BCUT2D eigenvalue weighted by Crippen LogP contribution is 2.27. The molecule has 7 heteroatoms. The summed E-state index contributed by atoms with van der Waals surface area (Å²) in [5.41, 5.74) is 1.80. The van der Waals surface area contributed by atoms with E-state index in [9.17, 15) is 4.79 Å². The third-order valence-corrected chi connectivity index (χ3v) is 4.48. The first kappa shape index (κ1) is 15.8. The summed E-state index contributed by atoms with van der Waals surface area (Å²) in [6.07, 6.45) is 3.67. The zero-order valence-electron chi connectivity index (χ0n) is 14.0. The number of anilines is 3. The minimum absolute atomic E-state index is 0.154. The molecule has 2 aliphatic heterocycles. The molecule has 130 valence electrons. The van der Waals surface area contributed by atoms with Crippen molar-refractivity contribution in [1.82, 2.24) is 9.97 Å². The number of carbonyl (C=O) groups excluding carboxylic acids is 1. The Hall–Kier alpha value is -2.67. The maximum Gasteiger partial charge on any atom is 0.327 e. The third-order valence-electron chi connectivity index (χ3n) is 4.48. The van der Waals surface area contributed by atoms with Crippen molar-refractivity contribution in [2.75, 3.05) is 48.0 Å². The molecular weight excluding hydrogens is 318 g/mol. The maximum atomic E-state index is 12.7. The Labute approximate surface area is 146 Å². The number of amides is 2. The highest BCUT2D eigenvalue weighted by molar-refractivity contribution is 6.01. The molecule has 1 saturated heterocycles. The number of para-hydroxylation sites is 1. The molecule has 0 unspecified atom stereocenters. The van der Waals surface area contributed by atoms with Crippen LogP contribution in [0.4, 0.5) is 22.2 Å². The molecule has 2 amide bonds. The van der Waals surface area contributed by atoms with Gasteiger partial charge in [-0.15, -0.1) is 0 Å². The predicted octanol–water partition coefficient (Wildman–Crippen LogP) is 2.30. The van der Waals surface area contributed by atoms with Crippen molar-refractivity contribution in [3.63, 3.8) is 0 Å². The van der Waals surface area contributed by atoms with Crippen LogP contribution in [0.2, 0.25) is 0 Å². The molecule has 0 spiro atoms. The molecule has 1 fully saturated rings.